The lowest BCUT2D eigenvalue weighted by molar-refractivity contribution is 0.0702. The van der Waals surface area contributed by atoms with Gasteiger partial charge < -0.3 is 19.5 Å². The molecule has 2 amide bonds. The lowest BCUT2D eigenvalue weighted by Gasteiger charge is -2.20. The molecule has 0 spiro atoms. The van der Waals surface area contributed by atoms with Crippen molar-refractivity contribution >= 4 is 11.8 Å². The minimum absolute atomic E-state index is 0.0144. The molecule has 1 saturated heterocycles. The molecule has 3 aliphatic rings. The van der Waals surface area contributed by atoms with Crippen molar-refractivity contribution < 1.29 is 18.8 Å². The summed E-state index contributed by atoms with van der Waals surface area (Å²) in [6.45, 7) is 1.81. The Morgan fingerprint density at radius 2 is 2.12 bits per heavy atom. The van der Waals surface area contributed by atoms with Gasteiger partial charge in [0.1, 0.15) is 12.6 Å². The van der Waals surface area contributed by atoms with Crippen LogP contribution in [0.25, 0.3) is 0 Å². The van der Waals surface area contributed by atoms with Crippen molar-refractivity contribution in [3.05, 3.63) is 23.5 Å². The van der Waals surface area contributed by atoms with Gasteiger partial charge in [-0.15, -0.1) is 0 Å². The molecule has 10 heteroatoms. The number of hydrogen-bond acceptors (Lipinski definition) is 7. The van der Waals surface area contributed by atoms with E-state index in [1.165, 1.54) is 0 Å². The zero-order chi connectivity index (χ0) is 17.7. The van der Waals surface area contributed by atoms with Gasteiger partial charge in [0, 0.05) is 18.7 Å². The Bertz CT molecular complexity index is 848. The molecule has 0 bridgehead atoms. The lowest BCUT2D eigenvalue weighted by Crippen LogP contribution is -2.31. The maximum absolute atomic E-state index is 12.9. The van der Waals surface area contributed by atoms with Gasteiger partial charge in [-0.1, -0.05) is 5.16 Å². The van der Waals surface area contributed by atoms with E-state index in [9.17, 15) is 9.59 Å². The summed E-state index contributed by atoms with van der Waals surface area (Å²) in [5, 5.41) is 10.9. The Morgan fingerprint density at radius 1 is 1.23 bits per heavy atom. The summed E-state index contributed by atoms with van der Waals surface area (Å²) in [6.07, 6.45) is 3.51. The van der Waals surface area contributed by atoms with E-state index in [4.69, 9.17) is 9.26 Å². The number of fused-ring (bicyclic) bond motifs is 1. The van der Waals surface area contributed by atoms with E-state index in [1.54, 1.807) is 15.6 Å². The van der Waals surface area contributed by atoms with Gasteiger partial charge in [0.05, 0.1) is 6.54 Å². The van der Waals surface area contributed by atoms with Crippen molar-refractivity contribution in [2.24, 2.45) is 0 Å². The molecule has 10 nitrogen and oxygen atoms in total. The summed E-state index contributed by atoms with van der Waals surface area (Å²) < 4.78 is 12.4. The average Bonchev–Trinajstić information content (AvgIpc) is 3.12. The minimum Gasteiger partial charge on any atom is -0.476 e. The topological polar surface area (TPSA) is 115 Å². The first-order valence-corrected chi connectivity index (χ1v) is 8.85. The number of hydrogen-bond donors (Lipinski definition) is 1. The second-order valence-corrected chi connectivity index (χ2v) is 6.80. The number of nitrogens with one attached hydrogen (secondary N) is 1. The summed E-state index contributed by atoms with van der Waals surface area (Å²) in [5.41, 5.74) is 0.345. The smallest absolute Gasteiger partial charge is 0.292 e. The van der Waals surface area contributed by atoms with Crippen molar-refractivity contribution in [2.45, 2.75) is 44.3 Å². The van der Waals surface area contributed by atoms with E-state index in [1.807, 2.05) is 0 Å². The highest BCUT2D eigenvalue weighted by Crippen LogP contribution is 2.33. The zero-order valence-electron chi connectivity index (χ0n) is 14.1. The molecular weight excluding hydrogens is 340 g/mol. The maximum atomic E-state index is 12.9. The van der Waals surface area contributed by atoms with E-state index in [2.05, 4.69) is 20.6 Å². The molecule has 1 aliphatic carbocycles. The summed E-state index contributed by atoms with van der Waals surface area (Å²) in [7, 11) is 0. The second-order valence-electron chi connectivity index (χ2n) is 6.80. The van der Waals surface area contributed by atoms with Gasteiger partial charge in [0.25, 0.3) is 17.6 Å². The predicted octanol–water partition coefficient (Wildman–Crippen LogP) is 0.528. The monoisotopic (exact) mass is 358 g/mol. The van der Waals surface area contributed by atoms with Crippen molar-refractivity contribution in [1.82, 2.24) is 30.1 Å². The van der Waals surface area contributed by atoms with Crippen LogP contribution in [0.5, 0.6) is 5.88 Å². The highest BCUT2D eigenvalue weighted by atomic mass is 16.5. The maximum Gasteiger partial charge on any atom is 0.292 e. The molecule has 2 aromatic rings. The molecule has 4 heterocycles. The van der Waals surface area contributed by atoms with Gasteiger partial charge in [-0.25, -0.2) is 4.68 Å². The Hall–Kier alpha value is -2.91. The Balaban J connectivity index is 1.34. The molecule has 136 valence electrons. The van der Waals surface area contributed by atoms with E-state index in [-0.39, 0.29) is 29.7 Å². The van der Waals surface area contributed by atoms with Crippen LogP contribution in [0.3, 0.4) is 0 Å². The highest BCUT2D eigenvalue weighted by molar-refractivity contribution is 5.93. The Labute approximate surface area is 148 Å². The fraction of sp³-hybridized carbons (Fsp3) is 0.562. The third-order valence-corrected chi connectivity index (χ3v) is 4.87. The number of nitrogens with zero attached hydrogens (tertiary/aromatic N) is 5. The van der Waals surface area contributed by atoms with Gasteiger partial charge in [-0.3, -0.25) is 9.59 Å². The quantitative estimate of drug-likeness (QED) is 0.847. The molecule has 1 saturated carbocycles. The zero-order valence-corrected chi connectivity index (χ0v) is 14.1. The molecule has 5 rings (SSSR count). The molecule has 2 aliphatic heterocycles. The van der Waals surface area contributed by atoms with Crippen LogP contribution in [-0.2, 0) is 6.54 Å². The summed E-state index contributed by atoms with van der Waals surface area (Å²) in [4.78, 5) is 30.8. The van der Waals surface area contributed by atoms with Gasteiger partial charge in [-0.05, 0) is 25.7 Å². The summed E-state index contributed by atoms with van der Waals surface area (Å²) >= 11 is 0. The normalized spacial score (nSPS) is 21.5. The number of ether oxygens (including phenoxy) is 1. The molecule has 0 aromatic carbocycles. The molecule has 2 aromatic heterocycles. The lowest BCUT2D eigenvalue weighted by atomic mass is 10.2. The summed E-state index contributed by atoms with van der Waals surface area (Å²) in [5.74, 6) is 0.391. The number of rotatable bonds is 4. The van der Waals surface area contributed by atoms with Crippen LogP contribution in [0, 0.1) is 0 Å². The number of amides is 2. The molecule has 1 N–H and O–H groups in total. The number of carbonyl (C=O) groups excluding carboxylic acids is 2. The van der Waals surface area contributed by atoms with Crippen LogP contribution < -0.4 is 10.1 Å². The fourth-order valence-corrected chi connectivity index (χ4v) is 3.37. The van der Waals surface area contributed by atoms with Crippen molar-refractivity contribution in [3.8, 4) is 5.88 Å². The molecule has 1 unspecified atom stereocenters. The molecule has 1 atom stereocenters. The van der Waals surface area contributed by atoms with Crippen molar-refractivity contribution in [1.29, 1.82) is 0 Å². The average molecular weight is 358 g/mol. The Morgan fingerprint density at radius 3 is 2.92 bits per heavy atom. The van der Waals surface area contributed by atoms with Crippen LogP contribution >= 0.6 is 0 Å². The highest BCUT2D eigenvalue weighted by Gasteiger charge is 2.37. The van der Waals surface area contributed by atoms with E-state index < -0.39 is 0 Å². The minimum atomic E-state index is -0.338. The van der Waals surface area contributed by atoms with Crippen LogP contribution in [0.4, 0.5) is 0 Å². The van der Waals surface area contributed by atoms with Gasteiger partial charge >= 0.3 is 0 Å². The molecule has 2 fully saturated rings. The fourth-order valence-electron chi connectivity index (χ4n) is 3.37. The van der Waals surface area contributed by atoms with Crippen LogP contribution in [0.2, 0.25) is 0 Å². The van der Waals surface area contributed by atoms with Crippen molar-refractivity contribution in [3.63, 3.8) is 0 Å². The van der Waals surface area contributed by atoms with Gasteiger partial charge in [0.2, 0.25) is 11.8 Å². The van der Waals surface area contributed by atoms with Crippen LogP contribution in [0.1, 0.15) is 58.7 Å². The SMILES string of the molecule is O=C(NC1CC1)c1noc(C2CCCN2C(=O)c2cc3n(n2)CCO3)n1. The molecular formula is C16H18N6O4. The van der Waals surface area contributed by atoms with Crippen LogP contribution in [-0.4, -0.2) is 55.8 Å². The van der Waals surface area contributed by atoms with Crippen LogP contribution in [0.15, 0.2) is 10.6 Å². The number of likely N-dealkylation sites (tertiary alicyclic amines) is 1. The largest absolute Gasteiger partial charge is 0.476 e. The first-order valence-electron chi connectivity index (χ1n) is 8.85. The number of carbonyl (C=O) groups is 2. The van der Waals surface area contributed by atoms with E-state index in [0.717, 1.165) is 19.3 Å². The molecule has 0 radical (unpaired) electrons. The Kier molecular flexibility index (Phi) is 3.44. The third-order valence-electron chi connectivity index (χ3n) is 4.87. The van der Waals surface area contributed by atoms with Gasteiger partial charge in [0.15, 0.2) is 5.69 Å². The standard InChI is InChI=1S/C16H18N6O4/c23-14(17-9-3-4-9)13-18-15(26-20-13)11-2-1-5-21(11)16(24)10-8-12-22(19-10)6-7-25-12/h8-9,11H,1-7H2,(H,17,23). The van der Waals surface area contributed by atoms with E-state index >= 15 is 0 Å². The second kappa shape index (κ2) is 5.82. The number of aromatic nitrogens is 4. The summed E-state index contributed by atoms with van der Waals surface area (Å²) in [6, 6.07) is 1.54. The first-order chi connectivity index (χ1) is 12.7. The first kappa shape index (κ1) is 15.4. The van der Waals surface area contributed by atoms with Crippen molar-refractivity contribution in [2.75, 3.05) is 13.2 Å². The predicted molar refractivity (Wildman–Crippen MR) is 85.5 cm³/mol. The van der Waals surface area contributed by atoms with E-state index in [0.29, 0.717) is 43.6 Å². The third kappa shape index (κ3) is 2.61. The van der Waals surface area contributed by atoms with Gasteiger partial charge in [-0.2, -0.15) is 10.1 Å². The molecule has 26 heavy (non-hydrogen) atoms.